The largest absolute Gasteiger partial charge is 0.481 e. The summed E-state index contributed by atoms with van der Waals surface area (Å²) < 4.78 is 0. The number of thioether (sulfide) groups is 1. The molecule has 2 aromatic carbocycles. The predicted octanol–water partition coefficient (Wildman–Crippen LogP) is 3.99. The fraction of sp³-hybridized carbons (Fsp3) is 0.300. The first kappa shape index (κ1) is 17.5. The molecule has 1 aliphatic rings. The van der Waals surface area contributed by atoms with Crippen molar-refractivity contribution in [2.24, 2.45) is 0 Å². The van der Waals surface area contributed by atoms with Gasteiger partial charge in [0.15, 0.2) is 0 Å². The molecular weight excluding hydrogens is 334 g/mol. The van der Waals surface area contributed by atoms with Crippen molar-refractivity contribution in [2.45, 2.75) is 35.4 Å². The number of rotatable bonds is 6. The van der Waals surface area contributed by atoms with Crippen LogP contribution >= 0.6 is 11.8 Å². The summed E-state index contributed by atoms with van der Waals surface area (Å²) >= 11 is 1.52. The van der Waals surface area contributed by atoms with Gasteiger partial charge in [0.1, 0.15) is 5.25 Å². The lowest BCUT2D eigenvalue weighted by Crippen LogP contribution is -2.39. The van der Waals surface area contributed by atoms with E-state index in [0.29, 0.717) is 6.54 Å². The third kappa shape index (κ3) is 4.42. The van der Waals surface area contributed by atoms with Crippen molar-refractivity contribution in [1.29, 1.82) is 0 Å². The van der Waals surface area contributed by atoms with E-state index in [9.17, 15) is 9.59 Å². The quantitative estimate of drug-likeness (QED) is 0.796. The number of carbonyl (C=O) groups excluding carboxylic acids is 1. The standard InChI is InChI=1S/C20H21NO3S/c22-18(23)14-16-10-7-13-21(16)20(24)19(15-8-3-1-4-9-15)25-17-11-5-2-6-12-17/h1-6,8-9,11-12,16,19H,7,10,13-14H2,(H,22,23). The van der Waals surface area contributed by atoms with Gasteiger partial charge >= 0.3 is 5.97 Å². The van der Waals surface area contributed by atoms with Gasteiger partial charge in [-0.3, -0.25) is 9.59 Å². The lowest BCUT2D eigenvalue weighted by atomic mass is 10.1. The van der Waals surface area contributed by atoms with Crippen LogP contribution in [0.2, 0.25) is 0 Å². The molecule has 25 heavy (non-hydrogen) atoms. The molecule has 0 radical (unpaired) electrons. The van der Waals surface area contributed by atoms with E-state index in [2.05, 4.69) is 0 Å². The van der Waals surface area contributed by atoms with Gasteiger partial charge in [0.05, 0.1) is 6.42 Å². The Morgan fingerprint density at radius 2 is 1.72 bits per heavy atom. The maximum absolute atomic E-state index is 13.3. The summed E-state index contributed by atoms with van der Waals surface area (Å²) in [6.07, 6.45) is 1.64. The zero-order valence-electron chi connectivity index (χ0n) is 13.9. The summed E-state index contributed by atoms with van der Waals surface area (Å²) in [5.74, 6) is -0.847. The molecule has 4 nitrogen and oxygen atoms in total. The summed E-state index contributed by atoms with van der Waals surface area (Å²) in [6, 6.07) is 19.4. The minimum atomic E-state index is -0.850. The van der Waals surface area contributed by atoms with Gasteiger partial charge in [-0.1, -0.05) is 48.5 Å². The highest BCUT2D eigenvalue weighted by atomic mass is 32.2. The van der Waals surface area contributed by atoms with Crippen molar-refractivity contribution in [1.82, 2.24) is 4.90 Å². The Morgan fingerprint density at radius 1 is 1.08 bits per heavy atom. The minimum absolute atomic E-state index is 0.00352. The van der Waals surface area contributed by atoms with E-state index in [1.807, 2.05) is 60.7 Å². The second kappa shape index (κ2) is 8.21. The highest BCUT2D eigenvalue weighted by Gasteiger charge is 2.35. The number of carbonyl (C=O) groups is 2. The highest BCUT2D eigenvalue weighted by molar-refractivity contribution is 8.00. The molecule has 0 spiro atoms. The molecule has 0 aliphatic carbocycles. The molecular formula is C20H21NO3S. The second-order valence-electron chi connectivity index (χ2n) is 6.15. The van der Waals surface area contributed by atoms with Gasteiger partial charge in [0.2, 0.25) is 5.91 Å². The number of hydrogen-bond donors (Lipinski definition) is 1. The maximum Gasteiger partial charge on any atom is 0.305 e. The van der Waals surface area contributed by atoms with Crippen LogP contribution in [0.15, 0.2) is 65.6 Å². The smallest absolute Gasteiger partial charge is 0.305 e. The van der Waals surface area contributed by atoms with E-state index in [-0.39, 0.29) is 23.6 Å². The van der Waals surface area contributed by atoms with Crippen LogP contribution < -0.4 is 0 Å². The molecule has 1 N–H and O–H groups in total. The van der Waals surface area contributed by atoms with Crippen LogP contribution in [0, 0.1) is 0 Å². The van der Waals surface area contributed by atoms with Crippen molar-refractivity contribution in [3.8, 4) is 0 Å². The zero-order valence-corrected chi connectivity index (χ0v) is 14.7. The van der Waals surface area contributed by atoms with E-state index >= 15 is 0 Å². The Morgan fingerprint density at radius 3 is 2.36 bits per heavy atom. The topological polar surface area (TPSA) is 57.6 Å². The molecule has 2 atom stereocenters. The number of aliphatic carboxylic acids is 1. The summed E-state index contributed by atoms with van der Waals surface area (Å²) in [5, 5.41) is 8.76. The molecule has 2 aromatic rings. The van der Waals surface area contributed by atoms with E-state index in [4.69, 9.17) is 5.11 Å². The van der Waals surface area contributed by atoms with Crippen LogP contribution in [-0.2, 0) is 9.59 Å². The van der Waals surface area contributed by atoms with Crippen LogP contribution in [0.4, 0.5) is 0 Å². The van der Waals surface area contributed by atoms with Gasteiger partial charge in [0, 0.05) is 17.5 Å². The number of hydrogen-bond acceptors (Lipinski definition) is 3. The number of amides is 1. The summed E-state index contributed by atoms with van der Waals surface area (Å²) in [5.41, 5.74) is 0.947. The Labute approximate surface area is 151 Å². The molecule has 3 rings (SSSR count). The lowest BCUT2D eigenvalue weighted by Gasteiger charge is -2.28. The normalized spacial score (nSPS) is 18.1. The van der Waals surface area contributed by atoms with Crippen LogP contribution in [0.5, 0.6) is 0 Å². The first-order valence-corrected chi connectivity index (χ1v) is 9.32. The van der Waals surface area contributed by atoms with Crippen molar-refractivity contribution in [2.75, 3.05) is 6.54 Å². The van der Waals surface area contributed by atoms with E-state index in [1.165, 1.54) is 11.8 Å². The third-order valence-corrected chi connectivity index (χ3v) is 5.65. The number of nitrogens with zero attached hydrogens (tertiary/aromatic N) is 1. The van der Waals surface area contributed by atoms with E-state index < -0.39 is 5.97 Å². The fourth-order valence-corrected chi connectivity index (χ4v) is 4.33. The molecule has 0 bridgehead atoms. The average Bonchev–Trinajstić information content (AvgIpc) is 3.08. The SMILES string of the molecule is O=C(O)CC1CCCN1C(=O)C(Sc1ccccc1)c1ccccc1. The second-order valence-corrected chi connectivity index (χ2v) is 7.33. The highest BCUT2D eigenvalue weighted by Crippen LogP contribution is 2.38. The molecule has 1 heterocycles. The van der Waals surface area contributed by atoms with Gasteiger partial charge in [0.25, 0.3) is 0 Å². The minimum Gasteiger partial charge on any atom is -0.481 e. The molecule has 130 valence electrons. The van der Waals surface area contributed by atoms with Crippen molar-refractivity contribution in [3.05, 3.63) is 66.2 Å². The average molecular weight is 355 g/mol. The molecule has 0 saturated carbocycles. The Kier molecular flexibility index (Phi) is 5.76. The summed E-state index contributed by atoms with van der Waals surface area (Å²) in [4.78, 5) is 27.2. The number of benzene rings is 2. The van der Waals surface area contributed by atoms with Crippen molar-refractivity contribution < 1.29 is 14.7 Å². The van der Waals surface area contributed by atoms with Crippen molar-refractivity contribution in [3.63, 3.8) is 0 Å². The first-order valence-electron chi connectivity index (χ1n) is 8.44. The van der Waals surface area contributed by atoms with E-state index in [0.717, 1.165) is 23.3 Å². The Bertz CT molecular complexity index is 720. The Balaban J connectivity index is 1.85. The monoisotopic (exact) mass is 355 g/mol. The summed E-state index contributed by atoms with van der Waals surface area (Å²) in [7, 11) is 0. The van der Waals surface area contributed by atoms with Gasteiger partial charge in [-0.25, -0.2) is 0 Å². The zero-order chi connectivity index (χ0) is 17.6. The fourth-order valence-electron chi connectivity index (χ4n) is 3.21. The Hall–Kier alpha value is -2.27. The first-order chi connectivity index (χ1) is 12.1. The van der Waals surface area contributed by atoms with Crippen LogP contribution in [-0.4, -0.2) is 34.5 Å². The van der Waals surface area contributed by atoms with Crippen LogP contribution in [0.25, 0.3) is 0 Å². The van der Waals surface area contributed by atoms with Gasteiger partial charge in [-0.15, -0.1) is 11.8 Å². The molecule has 1 saturated heterocycles. The lowest BCUT2D eigenvalue weighted by molar-refractivity contribution is -0.139. The number of likely N-dealkylation sites (tertiary alicyclic amines) is 1. The molecule has 0 aromatic heterocycles. The van der Waals surface area contributed by atoms with Crippen molar-refractivity contribution >= 4 is 23.6 Å². The molecule has 5 heteroatoms. The summed E-state index contributed by atoms with van der Waals surface area (Å²) in [6.45, 7) is 0.634. The maximum atomic E-state index is 13.3. The van der Waals surface area contributed by atoms with Gasteiger partial charge in [-0.2, -0.15) is 0 Å². The van der Waals surface area contributed by atoms with Gasteiger partial charge < -0.3 is 10.0 Å². The van der Waals surface area contributed by atoms with Gasteiger partial charge in [-0.05, 0) is 30.5 Å². The third-order valence-electron chi connectivity index (χ3n) is 4.39. The molecule has 1 fully saturated rings. The number of carboxylic acid groups (broad SMARTS) is 1. The molecule has 1 aliphatic heterocycles. The molecule has 2 unspecified atom stereocenters. The number of carboxylic acids is 1. The van der Waals surface area contributed by atoms with E-state index in [1.54, 1.807) is 4.90 Å². The predicted molar refractivity (Wildman–Crippen MR) is 98.5 cm³/mol. The molecule has 1 amide bonds. The van der Waals surface area contributed by atoms with Crippen LogP contribution in [0.1, 0.15) is 30.1 Å². The van der Waals surface area contributed by atoms with Crippen LogP contribution in [0.3, 0.4) is 0 Å².